The molecule has 2 rings (SSSR count). The standard InChI is InChI=1S/C18H27N3O2/c1-14-4-6-15(7-5-14)12-19-17(22)13-21-10-8-16(9-11-21)18(23)20(2)3/h4-7,16H,8-13H2,1-3H3,(H,19,22). The third kappa shape index (κ3) is 5.36. The lowest BCUT2D eigenvalue weighted by Crippen LogP contribution is -2.44. The topological polar surface area (TPSA) is 52.7 Å². The van der Waals surface area contributed by atoms with Crippen molar-refractivity contribution in [3.05, 3.63) is 35.4 Å². The quantitative estimate of drug-likeness (QED) is 0.893. The normalized spacial score (nSPS) is 16.1. The van der Waals surface area contributed by atoms with Gasteiger partial charge >= 0.3 is 0 Å². The molecule has 1 fully saturated rings. The minimum atomic E-state index is 0.0444. The molecule has 1 N–H and O–H groups in total. The zero-order valence-corrected chi connectivity index (χ0v) is 14.3. The predicted octanol–water partition coefficient (Wildman–Crippen LogP) is 1.41. The Balaban J connectivity index is 1.70. The highest BCUT2D eigenvalue weighted by molar-refractivity contribution is 5.79. The van der Waals surface area contributed by atoms with Crippen LogP contribution in [0.25, 0.3) is 0 Å². The summed E-state index contributed by atoms with van der Waals surface area (Å²) in [7, 11) is 3.60. The lowest BCUT2D eigenvalue weighted by molar-refractivity contribution is -0.134. The predicted molar refractivity (Wildman–Crippen MR) is 90.9 cm³/mol. The van der Waals surface area contributed by atoms with Crippen LogP contribution in [-0.4, -0.2) is 55.3 Å². The molecule has 1 aromatic rings. The highest BCUT2D eigenvalue weighted by Gasteiger charge is 2.26. The lowest BCUT2D eigenvalue weighted by atomic mass is 9.95. The molecule has 2 amide bonds. The van der Waals surface area contributed by atoms with Crippen LogP contribution in [0.2, 0.25) is 0 Å². The molecule has 0 radical (unpaired) electrons. The number of piperidine rings is 1. The van der Waals surface area contributed by atoms with Crippen LogP contribution >= 0.6 is 0 Å². The summed E-state index contributed by atoms with van der Waals surface area (Å²) in [6.07, 6.45) is 1.67. The molecule has 1 heterocycles. The lowest BCUT2D eigenvalue weighted by Gasteiger charge is -2.31. The number of rotatable bonds is 5. The number of carbonyl (C=O) groups excluding carboxylic acids is 2. The Morgan fingerprint density at radius 2 is 1.78 bits per heavy atom. The SMILES string of the molecule is Cc1ccc(CNC(=O)CN2CCC(C(=O)N(C)C)CC2)cc1. The van der Waals surface area contributed by atoms with Crippen molar-refractivity contribution in [1.29, 1.82) is 0 Å². The van der Waals surface area contributed by atoms with E-state index in [9.17, 15) is 9.59 Å². The fourth-order valence-electron chi connectivity index (χ4n) is 2.87. The van der Waals surface area contributed by atoms with Crippen molar-refractivity contribution in [1.82, 2.24) is 15.1 Å². The minimum Gasteiger partial charge on any atom is -0.351 e. The highest BCUT2D eigenvalue weighted by atomic mass is 16.2. The maximum Gasteiger partial charge on any atom is 0.234 e. The van der Waals surface area contributed by atoms with E-state index >= 15 is 0 Å². The number of nitrogens with one attached hydrogen (secondary N) is 1. The summed E-state index contributed by atoms with van der Waals surface area (Å²) in [6, 6.07) is 8.17. The summed E-state index contributed by atoms with van der Waals surface area (Å²) in [5.41, 5.74) is 2.33. The van der Waals surface area contributed by atoms with E-state index in [4.69, 9.17) is 0 Å². The minimum absolute atomic E-state index is 0.0444. The van der Waals surface area contributed by atoms with Gasteiger partial charge in [-0.05, 0) is 38.4 Å². The Morgan fingerprint density at radius 1 is 1.17 bits per heavy atom. The second-order valence-corrected chi connectivity index (χ2v) is 6.55. The molecule has 5 heteroatoms. The van der Waals surface area contributed by atoms with E-state index in [1.54, 1.807) is 19.0 Å². The van der Waals surface area contributed by atoms with Crippen molar-refractivity contribution in [2.24, 2.45) is 5.92 Å². The summed E-state index contributed by atoms with van der Waals surface area (Å²) in [6.45, 7) is 4.64. The number of nitrogens with zero attached hydrogens (tertiary/aromatic N) is 2. The summed E-state index contributed by atoms with van der Waals surface area (Å²) in [5, 5.41) is 2.96. The average Bonchev–Trinajstić information content (AvgIpc) is 2.54. The Labute approximate surface area is 138 Å². The van der Waals surface area contributed by atoms with Crippen LogP contribution < -0.4 is 5.32 Å². The van der Waals surface area contributed by atoms with E-state index in [1.807, 2.05) is 31.2 Å². The first-order chi connectivity index (χ1) is 11.0. The third-order valence-corrected chi connectivity index (χ3v) is 4.36. The molecule has 0 bridgehead atoms. The number of aryl methyl sites for hydroxylation is 1. The summed E-state index contributed by atoms with van der Waals surface area (Å²) in [4.78, 5) is 27.8. The molecular formula is C18H27N3O2. The van der Waals surface area contributed by atoms with Crippen LogP contribution in [0.4, 0.5) is 0 Å². The van der Waals surface area contributed by atoms with Crippen LogP contribution in [-0.2, 0) is 16.1 Å². The second kappa shape index (κ2) is 8.11. The number of likely N-dealkylation sites (tertiary alicyclic amines) is 1. The van der Waals surface area contributed by atoms with Crippen molar-refractivity contribution in [3.63, 3.8) is 0 Å². The number of hydrogen-bond donors (Lipinski definition) is 1. The maximum absolute atomic E-state index is 12.0. The smallest absolute Gasteiger partial charge is 0.234 e. The van der Waals surface area contributed by atoms with Crippen LogP contribution in [0, 0.1) is 12.8 Å². The van der Waals surface area contributed by atoms with Crippen LogP contribution in [0.1, 0.15) is 24.0 Å². The Hall–Kier alpha value is -1.88. The molecular weight excluding hydrogens is 290 g/mol. The van der Waals surface area contributed by atoms with E-state index in [-0.39, 0.29) is 17.7 Å². The molecule has 0 spiro atoms. The van der Waals surface area contributed by atoms with Gasteiger partial charge in [0.25, 0.3) is 0 Å². The van der Waals surface area contributed by atoms with E-state index < -0.39 is 0 Å². The number of carbonyl (C=O) groups is 2. The van der Waals surface area contributed by atoms with E-state index in [0.29, 0.717) is 13.1 Å². The molecule has 0 atom stereocenters. The zero-order chi connectivity index (χ0) is 16.8. The van der Waals surface area contributed by atoms with Crippen molar-refractivity contribution in [2.75, 3.05) is 33.7 Å². The third-order valence-electron chi connectivity index (χ3n) is 4.36. The van der Waals surface area contributed by atoms with Gasteiger partial charge in [-0.25, -0.2) is 0 Å². The second-order valence-electron chi connectivity index (χ2n) is 6.55. The number of benzene rings is 1. The van der Waals surface area contributed by atoms with E-state index in [1.165, 1.54) is 5.56 Å². The van der Waals surface area contributed by atoms with Gasteiger partial charge in [0.15, 0.2) is 0 Å². The summed E-state index contributed by atoms with van der Waals surface area (Å²) < 4.78 is 0. The van der Waals surface area contributed by atoms with Crippen molar-refractivity contribution < 1.29 is 9.59 Å². The van der Waals surface area contributed by atoms with Gasteiger partial charge in [0.1, 0.15) is 0 Å². The Kier molecular flexibility index (Phi) is 6.16. The highest BCUT2D eigenvalue weighted by Crippen LogP contribution is 2.18. The molecule has 1 aliphatic rings. The first-order valence-corrected chi connectivity index (χ1v) is 8.21. The molecule has 23 heavy (non-hydrogen) atoms. The molecule has 0 aromatic heterocycles. The monoisotopic (exact) mass is 317 g/mol. The van der Waals surface area contributed by atoms with Gasteiger partial charge in [0.2, 0.25) is 11.8 Å². The van der Waals surface area contributed by atoms with Crippen molar-refractivity contribution in [2.45, 2.75) is 26.3 Å². The van der Waals surface area contributed by atoms with Crippen LogP contribution in [0.5, 0.6) is 0 Å². The summed E-state index contributed by atoms with van der Waals surface area (Å²) in [5.74, 6) is 0.355. The maximum atomic E-state index is 12.0. The number of hydrogen-bond acceptors (Lipinski definition) is 3. The molecule has 0 unspecified atom stereocenters. The molecule has 1 aliphatic heterocycles. The van der Waals surface area contributed by atoms with Gasteiger partial charge in [0.05, 0.1) is 6.54 Å². The van der Waals surface area contributed by atoms with Crippen LogP contribution in [0.3, 0.4) is 0 Å². The molecule has 126 valence electrons. The molecule has 5 nitrogen and oxygen atoms in total. The first-order valence-electron chi connectivity index (χ1n) is 8.21. The molecule has 1 aromatic carbocycles. The molecule has 1 saturated heterocycles. The first kappa shape index (κ1) is 17.5. The fourth-order valence-corrected chi connectivity index (χ4v) is 2.87. The van der Waals surface area contributed by atoms with Gasteiger partial charge in [-0.1, -0.05) is 29.8 Å². The average molecular weight is 317 g/mol. The van der Waals surface area contributed by atoms with Gasteiger partial charge in [0, 0.05) is 26.6 Å². The van der Waals surface area contributed by atoms with E-state index in [2.05, 4.69) is 10.2 Å². The van der Waals surface area contributed by atoms with Gasteiger partial charge in [-0.3, -0.25) is 14.5 Å². The fraction of sp³-hybridized carbons (Fsp3) is 0.556. The van der Waals surface area contributed by atoms with Crippen LogP contribution in [0.15, 0.2) is 24.3 Å². The van der Waals surface area contributed by atoms with Gasteiger partial charge in [-0.15, -0.1) is 0 Å². The Morgan fingerprint density at radius 3 is 2.35 bits per heavy atom. The van der Waals surface area contributed by atoms with Gasteiger partial charge < -0.3 is 10.2 Å². The van der Waals surface area contributed by atoms with Crippen molar-refractivity contribution in [3.8, 4) is 0 Å². The molecule has 0 saturated carbocycles. The molecule has 0 aliphatic carbocycles. The number of amides is 2. The summed E-state index contributed by atoms with van der Waals surface area (Å²) >= 11 is 0. The van der Waals surface area contributed by atoms with E-state index in [0.717, 1.165) is 31.5 Å². The Bertz CT molecular complexity index is 532. The zero-order valence-electron chi connectivity index (χ0n) is 14.3. The van der Waals surface area contributed by atoms with Crippen molar-refractivity contribution >= 4 is 11.8 Å². The van der Waals surface area contributed by atoms with Gasteiger partial charge in [-0.2, -0.15) is 0 Å². The largest absolute Gasteiger partial charge is 0.351 e.